The van der Waals surface area contributed by atoms with Crippen LogP contribution in [0.4, 0.5) is 0 Å². The molecule has 0 aliphatic carbocycles. The van der Waals surface area contributed by atoms with Crippen LogP contribution in [0.1, 0.15) is 56.3 Å². The van der Waals surface area contributed by atoms with Crippen LogP contribution in [0.15, 0.2) is 24.3 Å². The third-order valence-electron chi connectivity index (χ3n) is 3.91. The zero-order valence-corrected chi connectivity index (χ0v) is 12.6. The van der Waals surface area contributed by atoms with Gasteiger partial charge in [-0.15, -0.1) is 0 Å². The Kier molecular flexibility index (Phi) is 5.45. The molecule has 3 nitrogen and oxygen atoms in total. The van der Waals surface area contributed by atoms with Gasteiger partial charge in [0.05, 0.1) is 6.61 Å². The summed E-state index contributed by atoms with van der Waals surface area (Å²) in [5, 5.41) is 0. The maximum Gasteiger partial charge on any atom is 0.254 e. The second-order valence-corrected chi connectivity index (χ2v) is 5.57. The number of amides is 1. The summed E-state index contributed by atoms with van der Waals surface area (Å²) >= 11 is 0. The molecule has 0 N–H and O–H groups in total. The van der Waals surface area contributed by atoms with Gasteiger partial charge in [-0.3, -0.25) is 4.79 Å². The third-order valence-corrected chi connectivity index (χ3v) is 3.91. The molecule has 20 heavy (non-hydrogen) atoms. The van der Waals surface area contributed by atoms with Crippen molar-refractivity contribution in [2.75, 3.05) is 13.2 Å². The lowest BCUT2D eigenvalue weighted by atomic mass is 10.0. The Hall–Kier alpha value is -1.51. The van der Waals surface area contributed by atoms with Crippen LogP contribution in [0, 0.1) is 0 Å². The van der Waals surface area contributed by atoms with Crippen molar-refractivity contribution in [3.8, 4) is 5.75 Å². The van der Waals surface area contributed by atoms with Crippen molar-refractivity contribution in [3.05, 3.63) is 29.8 Å². The summed E-state index contributed by atoms with van der Waals surface area (Å²) < 4.78 is 5.68. The average molecular weight is 275 g/mol. The monoisotopic (exact) mass is 275 g/mol. The fraction of sp³-hybridized carbons (Fsp3) is 0.588. The molecule has 1 aliphatic heterocycles. The highest BCUT2D eigenvalue weighted by Gasteiger charge is 2.24. The van der Waals surface area contributed by atoms with E-state index in [-0.39, 0.29) is 5.91 Å². The first-order valence-electron chi connectivity index (χ1n) is 7.76. The van der Waals surface area contributed by atoms with Crippen molar-refractivity contribution < 1.29 is 9.53 Å². The molecule has 1 amide bonds. The maximum absolute atomic E-state index is 12.6. The van der Waals surface area contributed by atoms with Crippen molar-refractivity contribution >= 4 is 5.91 Å². The predicted molar refractivity (Wildman–Crippen MR) is 81.2 cm³/mol. The number of benzene rings is 1. The van der Waals surface area contributed by atoms with Crippen LogP contribution < -0.4 is 4.74 Å². The number of likely N-dealkylation sites (tertiary alicyclic amines) is 1. The van der Waals surface area contributed by atoms with Crippen LogP contribution in [0.5, 0.6) is 5.75 Å². The first-order chi connectivity index (χ1) is 9.72. The third kappa shape index (κ3) is 3.75. The number of unbranched alkanes of at least 4 members (excludes halogenated alkanes) is 1. The van der Waals surface area contributed by atoms with Crippen LogP contribution in [0.25, 0.3) is 0 Å². The molecule has 1 fully saturated rings. The predicted octanol–water partition coefficient (Wildman–Crippen LogP) is 3.88. The lowest BCUT2D eigenvalue weighted by Crippen LogP contribution is -2.42. The lowest BCUT2D eigenvalue weighted by Gasteiger charge is -2.33. The molecule has 110 valence electrons. The summed E-state index contributed by atoms with van der Waals surface area (Å²) in [6, 6.07) is 7.94. The molecule has 3 heteroatoms. The standard InChI is InChI=1S/C17H25NO2/c1-3-4-12-20-16-10-7-9-15(13-16)17(19)18-11-6-5-8-14(18)2/h7,9-10,13-14H,3-6,8,11-12H2,1-2H3. The Balaban J connectivity index is 2.03. The molecule has 1 atom stereocenters. The Morgan fingerprint density at radius 3 is 3.00 bits per heavy atom. The number of piperidine rings is 1. The zero-order chi connectivity index (χ0) is 14.4. The Morgan fingerprint density at radius 2 is 2.25 bits per heavy atom. The van der Waals surface area contributed by atoms with E-state index in [0.717, 1.165) is 43.5 Å². The zero-order valence-electron chi connectivity index (χ0n) is 12.6. The van der Waals surface area contributed by atoms with Crippen LogP contribution in [-0.2, 0) is 0 Å². The molecule has 0 radical (unpaired) electrons. The molecule has 0 saturated carbocycles. The number of carbonyl (C=O) groups excluding carboxylic acids is 1. The second-order valence-electron chi connectivity index (χ2n) is 5.57. The van der Waals surface area contributed by atoms with Crippen molar-refractivity contribution in [1.29, 1.82) is 0 Å². The van der Waals surface area contributed by atoms with Crippen LogP contribution in [0.3, 0.4) is 0 Å². The molecule has 0 bridgehead atoms. The quantitative estimate of drug-likeness (QED) is 0.763. The number of carbonyl (C=O) groups is 1. The molecule has 1 saturated heterocycles. The molecule has 1 heterocycles. The number of nitrogens with zero attached hydrogens (tertiary/aromatic N) is 1. The van der Waals surface area contributed by atoms with E-state index in [9.17, 15) is 4.79 Å². The Labute approximate surface area is 121 Å². The molecular weight excluding hydrogens is 250 g/mol. The van der Waals surface area contributed by atoms with Gasteiger partial charge in [-0.2, -0.15) is 0 Å². The Bertz CT molecular complexity index is 444. The van der Waals surface area contributed by atoms with Crippen molar-refractivity contribution in [2.45, 2.75) is 52.0 Å². The lowest BCUT2D eigenvalue weighted by molar-refractivity contribution is 0.0635. The molecule has 0 aromatic heterocycles. The molecule has 0 spiro atoms. The van der Waals surface area contributed by atoms with E-state index in [2.05, 4.69) is 13.8 Å². The highest BCUT2D eigenvalue weighted by Crippen LogP contribution is 2.21. The molecule has 1 aliphatic rings. The maximum atomic E-state index is 12.6. The van der Waals surface area contributed by atoms with E-state index in [0.29, 0.717) is 12.6 Å². The highest BCUT2D eigenvalue weighted by molar-refractivity contribution is 5.94. The van der Waals surface area contributed by atoms with Gasteiger partial charge >= 0.3 is 0 Å². The minimum Gasteiger partial charge on any atom is -0.494 e. The summed E-state index contributed by atoms with van der Waals surface area (Å²) in [6.45, 7) is 5.87. The fourth-order valence-corrected chi connectivity index (χ4v) is 2.62. The number of ether oxygens (including phenoxy) is 1. The second kappa shape index (κ2) is 7.32. The van der Waals surface area contributed by atoms with Gasteiger partial charge in [-0.1, -0.05) is 19.4 Å². The molecule has 1 aromatic rings. The van der Waals surface area contributed by atoms with E-state index in [4.69, 9.17) is 4.74 Å². The van der Waals surface area contributed by atoms with Gasteiger partial charge in [0.2, 0.25) is 0 Å². The minimum atomic E-state index is 0.137. The number of rotatable bonds is 5. The number of hydrogen-bond acceptors (Lipinski definition) is 2. The van der Waals surface area contributed by atoms with E-state index < -0.39 is 0 Å². The molecule has 2 rings (SSSR count). The highest BCUT2D eigenvalue weighted by atomic mass is 16.5. The van der Waals surface area contributed by atoms with Crippen molar-refractivity contribution in [3.63, 3.8) is 0 Å². The average Bonchev–Trinajstić information content (AvgIpc) is 2.48. The summed E-state index contributed by atoms with van der Waals surface area (Å²) in [4.78, 5) is 14.6. The molecule has 1 aromatic carbocycles. The largest absolute Gasteiger partial charge is 0.494 e. The fourth-order valence-electron chi connectivity index (χ4n) is 2.62. The van der Waals surface area contributed by atoms with Gasteiger partial charge in [-0.25, -0.2) is 0 Å². The van der Waals surface area contributed by atoms with Crippen LogP contribution in [-0.4, -0.2) is 30.0 Å². The van der Waals surface area contributed by atoms with Crippen molar-refractivity contribution in [2.24, 2.45) is 0 Å². The smallest absolute Gasteiger partial charge is 0.254 e. The van der Waals surface area contributed by atoms with Gasteiger partial charge in [0.1, 0.15) is 5.75 Å². The topological polar surface area (TPSA) is 29.5 Å². The molecular formula is C17H25NO2. The van der Waals surface area contributed by atoms with Crippen molar-refractivity contribution in [1.82, 2.24) is 4.90 Å². The summed E-state index contributed by atoms with van der Waals surface area (Å²) in [6.07, 6.45) is 5.61. The molecule has 1 unspecified atom stereocenters. The van der Waals surface area contributed by atoms with Gasteiger partial charge in [0, 0.05) is 18.2 Å². The van der Waals surface area contributed by atoms with Gasteiger partial charge < -0.3 is 9.64 Å². The first kappa shape index (κ1) is 14.9. The van der Waals surface area contributed by atoms with Gasteiger partial charge in [0.15, 0.2) is 0 Å². The normalized spacial score (nSPS) is 18.9. The first-order valence-corrected chi connectivity index (χ1v) is 7.76. The SMILES string of the molecule is CCCCOc1cccc(C(=O)N2CCCCC2C)c1. The number of hydrogen-bond donors (Lipinski definition) is 0. The minimum absolute atomic E-state index is 0.137. The van der Waals surface area contributed by atoms with E-state index in [1.165, 1.54) is 6.42 Å². The Morgan fingerprint density at radius 1 is 1.40 bits per heavy atom. The van der Waals surface area contributed by atoms with Gasteiger partial charge in [-0.05, 0) is 50.8 Å². The summed E-state index contributed by atoms with van der Waals surface area (Å²) in [5.74, 6) is 0.937. The van der Waals surface area contributed by atoms with Crippen LogP contribution in [0.2, 0.25) is 0 Å². The summed E-state index contributed by atoms with van der Waals surface area (Å²) in [5.41, 5.74) is 0.743. The van der Waals surface area contributed by atoms with Gasteiger partial charge in [0.25, 0.3) is 5.91 Å². The van der Waals surface area contributed by atoms with E-state index in [1.807, 2.05) is 29.2 Å². The van der Waals surface area contributed by atoms with E-state index in [1.54, 1.807) is 0 Å². The van der Waals surface area contributed by atoms with E-state index >= 15 is 0 Å². The van der Waals surface area contributed by atoms with Crippen LogP contribution >= 0.6 is 0 Å². The summed E-state index contributed by atoms with van der Waals surface area (Å²) in [7, 11) is 0.